The van der Waals surface area contributed by atoms with Crippen LogP contribution in [0.2, 0.25) is 0 Å². The van der Waals surface area contributed by atoms with E-state index in [0.717, 1.165) is 5.57 Å². The number of aliphatic hydroxyl groups is 1. The van der Waals surface area contributed by atoms with Gasteiger partial charge in [0.25, 0.3) is 0 Å². The second kappa shape index (κ2) is 20.8. The molecule has 2 unspecified atom stereocenters. The van der Waals surface area contributed by atoms with Crippen LogP contribution in [0.4, 0.5) is 0 Å². The fourth-order valence-corrected chi connectivity index (χ4v) is 13.0. The Kier molecular flexibility index (Phi) is 17.2. The third-order valence-electron chi connectivity index (χ3n) is 16.7. The summed E-state index contributed by atoms with van der Waals surface area (Å²) in [5, 5.41) is 35.0. The van der Waals surface area contributed by atoms with E-state index in [1.54, 1.807) is 6.92 Å². The molecule has 0 aromatic rings. The van der Waals surface area contributed by atoms with Gasteiger partial charge in [-0.1, -0.05) is 47.6 Å². The Morgan fingerprint density at radius 3 is 1.82 bits per heavy atom. The van der Waals surface area contributed by atoms with Gasteiger partial charge in [-0.05, 0) is 91.8 Å². The van der Waals surface area contributed by atoms with Crippen LogP contribution < -0.4 is 39.7 Å². The first-order valence-corrected chi connectivity index (χ1v) is 23.6. The molecule has 5 aliphatic rings. The van der Waals surface area contributed by atoms with E-state index >= 15 is 0 Å². The first-order valence-electron chi connectivity index (χ1n) is 23.6. The normalized spacial score (nSPS) is 38.1. The number of carbonyl (C=O) groups is 7. The number of hydrogen-bond donors (Lipinski definition) is 8. The van der Waals surface area contributed by atoms with Crippen LogP contribution in [0, 0.1) is 45.3 Å². The zero-order valence-corrected chi connectivity index (χ0v) is 42.2. The van der Waals surface area contributed by atoms with Gasteiger partial charge in [0.1, 0.15) is 0 Å². The molecule has 0 spiro atoms. The van der Waals surface area contributed by atoms with Crippen molar-refractivity contribution in [2.75, 3.05) is 6.54 Å². The summed E-state index contributed by atoms with van der Waals surface area (Å²) in [6.07, 6.45) is 1.52. The quantitative estimate of drug-likeness (QED) is 0.0891. The van der Waals surface area contributed by atoms with Gasteiger partial charge in [0.2, 0.25) is 41.4 Å². The number of fused-ring (bicyclic) bond motifs is 9. The average Bonchev–Trinajstić information content (AvgIpc) is 3.80. The largest absolute Gasteiger partial charge is 0.681 e. The zero-order valence-electron chi connectivity index (χ0n) is 41.2. The minimum absolute atomic E-state index is 0. The molecule has 13 atom stereocenters. The number of hydrogen-bond acceptors (Lipinski definition) is 8. The number of carbonyl (C=O) groups excluding carboxylic acids is 7. The molecule has 0 aromatic carbocycles. The number of amides is 7. The molecule has 0 aromatic heterocycles. The molecule has 7 amide bonds. The van der Waals surface area contributed by atoms with E-state index in [9.17, 15) is 38.7 Å². The van der Waals surface area contributed by atoms with E-state index < -0.39 is 117 Å². The van der Waals surface area contributed by atoms with Crippen LogP contribution in [-0.4, -0.2) is 88.8 Å². The third-order valence-corrected chi connectivity index (χ3v) is 16.7. The molecular weight excluding hydrogens is 918 g/mol. The minimum atomic E-state index is -1.34. The summed E-state index contributed by atoms with van der Waals surface area (Å²) in [5.41, 5.74) is 33.7. The number of aliphatic hydroxyl groups excluding tert-OH is 1. The molecule has 4 fully saturated rings. The molecule has 0 saturated carbocycles. The summed E-state index contributed by atoms with van der Waals surface area (Å²) in [4.78, 5) is 91.4. The van der Waals surface area contributed by atoms with E-state index in [0.29, 0.717) is 29.1 Å². The van der Waals surface area contributed by atoms with Gasteiger partial charge in [0.15, 0.2) is 0 Å². The van der Waals surface area contributed by atoms with E-state index in [-0.39, 0.29) is 93.4 Å². The number of primary amides is 6. The first kappa shape index (κ1) is 56.1. The van der Waals surface area contributed by atoms with Crippen molar-refractivity contribution in [3.05, 3.63) is 55.6 Å². The fourth-order valence-electron chi connectivity index (χ4n) is 13.0. The molecule has 5 aliphatic heterocycles. The maximum Gasteiger partial charge on any atom is 0.220 e. The number of nitrogens with two attached hydrogens (primary N) is 6. The van der Waals surface area contributed by atoms with Crippen molar-refractivity contribution in [3.63, 3.8) is 0 Å². The second-order valence-electron chi connectivity index (χ2n) is 21.7. The molecule has 4 saturated heterocycles. The SMILES string of the molecule is C/C1=C2/[N-]/C(=C\C3[N-]/C(=C(/C)[C@@H]4[N-][C@@](C)([C@@H]5[N-]C1[C@](C)(CCC(=O)NC[C@@H](C)O)[C@H]5CC(N)=O)[C@@](C)(CC(N)=O)[C@@H]4CCC(N)=O)[C@@](C)(CC(N)=O)[C@@H]3CCC(N)=O)C(C)(C)[C@@H]2CCC(N)=O.[Co]. The molecule has 0 aliphatic carbocycles. The zero-order chi connectivity index (χ0) is 50.4. The molecule has 5 heterocycles. The van der Waals surface area contributed by atoms with Gasteiger partial charge in [0.05, 0.1) is 6.10 Å². The van der Waals surface area contributed by atoms with E-state index in [4.69, 9.17) is 55.7 Å². The maximum absolute atomic E-state index is 13.5. The van der Waals surface area contributed by atoms with Gasteiger partial charge >= 0.3 is 0 Å². The third kappa shape index (κ3) is 10.6. The van der Waals surface area contributed by atoms with Gasteiger partial charge < -0.3 is 66.1 Å². The molecule has 19 nitrogen and oxygen atoms in total. The smallest absolute Gasteiger partial charge is 0.220 e. The van der Waals surface area contributed by atoms with Crippen LogP contribution in [-0.2, 0) is 50.3 Å². The van der Waals surface area contributed by atoms with Crippen LogP contribution in [0.5, 0.6) is 0 Å². The summed E-state index contributed by atoms with van der Waals surface area (Å²) < 4.78 is 0. The number of nitrogens with one attached hydrogen (secondary N) is 1. The topological polar surface area (TPSA) is 364 Å². The standard InChI is InChI=1S/C48H75N11O8.Co/c1-23(60)22-55-38(67)16-17-45(6)29(18-35(52)64)43-48(9)47(8,21-37(54)66)28(12-15-34(51)63)40(59-48)25(3)42-46(7,20-36(53)65)26(10-13-32(49)61)30(56-42)19-31-44(4,5)27(11-14-33(50)62)39(57-31)24(2)41(45)58-43;/h19,23,26-30,40-41,43,60H,10-18,20-22H2,1-9H3,(H2,49,61)(H2,50,62)(H2,51,63)(H2,52,64)(H2,53,65)(H2,54,66)(H,55,67);/q-4;/b31-19-,39-24-,42-25-;/t23-,26-,27-,28-,29+,30?,40+,41?,43-,45-,46+,47+,48+;/m1./s1. The fraction of sp³-hybridized carbons (Fsp3) is 0.729. The van der Waals surface area contributed by atoms with Gasteiger partial charge in [-0.15, -0.1) is 40.9 Å². The van der Waals surface area contributed by atoms with Crippen molar-refractivity contribution in [1.82, 2.24) is 5.32 Å². The second-order valence-corrected chi connectivity index (χ2v) is 21.7. The van der Waals surface area contributed by atoms with E-state index in [1.807, 2.05) is 61.5 Å². The molecule has 383 valence electrons. The number of nitrogens with zero attached hydrogens (tertiary/aromatic N) is 4. The Bertz CT molecular complexity index is 2130. The maximum atomic E-state index is 13.5. The van der Waals surface area contributed by atoms with E-state index in [2.05, 4.69) is 5.32 Å². The average molecular weight is 993 g/mol. The van der Waals surface area contributed by atoms with Crippen LogP contribution in [0.3, 0.4) is 0 Å². The van der Waals surface area contributed by atoms with Crippen LogP contribution in [0.25, 0.3) is 21.3 Å². The molecule has 8 bridgehead atoms. The summed E-state index contributed by atoms with van der Waals surface area (Å²) in [5.74, 6) is -5.97. The predicted octanol–water partition coefficient (Wildman–Crippen LogP) is 3.42. The van der Waals surface area contributed by atoms with E-state index in [1.165, 1.54) is 0 Å². The van der Waals surface area contributed by atoms with Crippen molar-refractivity contribution in [2.45, 2.75) is 169 Å². The van der Waals surface area contributed by atoms with Gasteiger partial charge in [0, 0.05) is 68.3 Å². The Morgan fingerprint density at radius 2 is 1.29 bits per heavy atom. The number of rotatable bonds is 20. The first-order chi connectivity index (χ1) is 30.9. The Hall–Kier alpha value is -4.50. The predicted molar refractivity (Wildman–Crippen MR) is 253 cm³/mol. The molecule has 20 heteroatoms. The molecule has 14 N–H and O–H groups in total. The monoisotopic (exact) mass is 993 g/mol. The molecular formula is C48H75CoN11O8-4. The van der Waals surface area contributed by atoms with Crippen molar-refractivity contribution < 1.29 is 55.4 Å². The molecule has 5 rings (SSSR count). The summed E-state index contributed by atoms with van der Waals surface area (Å²) >= 11 is 0. The van der Waals surface area contributed by atoms with Crippen molar-refractivity contribution in [3.8, 4) is 0 Å². The van der Waals surface area contributed by atoms with Gasteiger partial charge in [-0.25, -0.2) is 0 Å². The van der Waals surface area contributed by atoms with Crippen LogP contribution in [0.1, 0.15) is 133 Å². The van der Waals surface area contributed by atoms with Gasteiger partial charge in [-0.2, -0.15) is 17.1 Å². The number of allylic oxidation sites excluding steroid dienone is 3. The minimum Gasteiger partial charge on any atom is -0.681 e. The molecule has 68 heavy (non-hydrogen) atoms. The molecule has 1 radical (unpaired) electrons. The van der Waals surface area contributed by atoms with Crippen molar-refractivity contribution in [2.24, 2.45) is 79.7 Å². The summed E-state index contributed by atoms with van der Waals surface area (Å²) in [6.45, 7) is 17.1. The Labute approximate surface area is 411 Å². The summed E-state index contributed by atoms with van der Waals surface area (Å²) in [6, 6.07) is -3.02. The Morgan fingerprint density at radius 1 is 0.735 bits per heavy atom. The Balaban J connectivity index is 0.0000101. The van der Waals surface area contributed by atoms with Gasteiger partial charge in [-0.3, -0.25) is 33.6 Å². The van der Waals surface area contributed by atoms with Crippen molar-refractivity contribution >= 4 is 41.4 Å². The van der Waals surface area contributed by atoms with Crippen molar-refractivity contribution in [1.29, 1.82) is 0 Å². The van der Waals surface area contributed by atoms with Crippen LogP contribution >= 0.6 is 0 Å². The summed E-state index contributed by atoms with van der Waals surface area (Å²) in [7, 11) is 0. The van der Waals surface area contributed by atoms with Crippen LogP contribution in [0.15, 0.2) is 34.3 Å².